The number of benzene rings is 1. The van der Waals surface area contributed by atoms with Gasteiger partial charge in [-0.25, -0.2) is 0 Å². The first-order chi connectivity index (χ1) is 7.18. The number of ketones is 1. The van der Waals surface area contributed by atoms with Crippen molar-refractivity contribution < 1.29 is 4.79 Å². The van der Waals surface area contributed by atoms with Gasteiger partial charge >= 0.3 is 0 Å². The van der Waals surface area contributed by atoms with Gasteiger partial charge in [0.25, 0.3) is 0 Å². The van der Waals surface area contributed by atoms with E-state index < -0.39 is 0 Å². The molecule has 0 fully saturated rings. The van der Waals surface area contributed by atoms with Crippen LogP contribution in [0.4, 0.5) is 0 Å². The second-order valence-corrected chi connectivity index (χ2v) is 3.98. The molecule has 15 heavy (non-hydrogen) atoms. The third kappa shape index (κ3) is 1.94. The van der Waals surface area contributed by atoms with Gasteiger partial charge in [0.2, 0.25) is 0 Å². The molecule has 0 aliphatic carbocycles. The molecule has 0 spiro atoms. The Kier molecular flexibility index (Phi) is 2.58. The third-order valence-corrected chi connectivity index (χ3v) is 2.76. The Morgan fingerprint density at radius 1 is 1.33 bits per heavy atom. The van der Waals surface area contributed by atoms with Crippen LogP contribution in [0.2, 0.25) is 0 Å². The maximum absolute atomic E-state index is 11.0. The number of hydrogen-bond donors (Lipinski definition) is 0. The Balaban J connectivity index is 2.38. The van der Waals surface area contributed by atoms with E-state index in [1.165, 1.54) is 16.5 Å². The SMILES string of the molecule is CC(=O)CCc1cccc2c1ccn2C. The zero-order chi connectivity index (χ0) is 10.8. The summed E-state index contributed by atoms with van der Waals surface area (Å²) in [4.78, 5) is 11.0. The van der Waals surface area contributed by atoms with E-state index in [1.807, 2.05) is 7.05 Å². The summed E-state index contributed by atoms with van der Waals surface area (Å²) >= 11 is 0. The van der Waals surface area contributed by atoms with E-state index in [1.54, 1.807) is 6.92 Å². The van der Waals surface area contributed by atoms with E-state index in [0.29, 0.717) is 6.42 Å². The average molecular weight is 201 g/mol. The molecule has 1 heterocycles. The molecule has 0 saturated carbocycles. The lowest BCUT2D eigenvalue weighted by molar-refractivity contribution is -0.116. The predicted molar refractivity (Wildman–Crippen MR) is 61.9 cm³/mol. The van der Waals surface area contributed by atoms with Gasteiger partial charge in [-0.1, -0.05) is 12.1 Å². The van der Waals surface area contributed by atoms with Gasteiger partial charge in [-0.3, -0.25) is 0 Å². The van der Waals surface area contributed by atoms with Crippen molar-refractivity contribution in [1.82, 2.24) is 4.57 Å². The predicted octanol–water partition coefficient (Wildman–Crippen LogP) is 2.70. The second-order valence-electron chi connectivity index (χ2n) is 3.98. The standard InChI is InChI=1S/C13H15NO/c1-10(15)6-7-11-4-3-5-13-12(11)8-9-14(13)2/h3-5,8-9H,6-7H2,1-2H3. The number of nitrogens with zero attached hydrogens (tertiary/aromatic N) is 1. The van der Waals surface area contributed by atoms with Crippen molar-refractivity contribution >= 4 is 16.7 Å². The molecule has 2 nitrogen and oxygen atoms in total. The smallest absolute Gasteiger partial charge is 0.130 e. The van der Waals surface area contributed by atoms with E-state index in [-0.39, 0.29) is 5.78 Å². The normalized spacial score (nSPS) is 10.8. The number of hydrogen-bond acceptors (Lipinski definition) is 1. The Morgan fingerprint density at radius 3 is 2.87 bits per heavy atom. The summed E-state index contributed by atoms with van der Waals surface area (Å²) in [5.41, 5.74) is 2.50. The van der Waals surface area contributed by atoms with Crippen LogP contribution in [0.3, 0.4) is 0 Å². The fourth-order valence-electron chi connectivity index (χ4n) is 1.89. The summed E-state index contributed by atoms with van der Waals surface area (Å²) in [5, 5.41) is 1.27. The van der Waals surface area contributed by atoms with Crippen LogP contribution in [0.5, 0.6) is 0 Å². The van der Waals surface area contributed by atoms with Gasteiger partial charge in [0.05, 0.1) is 0 Å². The Labute approximate surface area is 89.5 Å². The molecule has 0 radical (unpaired) electrons. The number of carbonyl (C=O) groups excluding carboxylic acids is 1. The van der Waals surface area contributed by atoms with Crippen LogP contribution in [-0.4, -0.2) is 10.4 Å². The van der Waals surface area contributed by atoms with Crippen LogP contribution < -0.4 is 0 Å². The number of rotatable bonds is 3. The van der Waals surface area contributed by atoms with Crippen molar-refractivity contribution in [3.63, 3.8) is 0 Å². The van der Waals surface area contributed by atoms with Crippen LogP contribution in [0, 0.1) is 0 Å². The first-order valence-corrected chi connectivity index (χ1v) is 5.21. The van der Waals surface area contributed by atoms with Crippen molar-refractivity contribution in [2.45, 2.75) is 19.8 Å². The molecule has 0 bridgehead atoms. The van der Waals surface area contributed by atoms with E-state index in [4.69, 9.17) is 0 Å². The quantitative estimate of drug-likeness (QED) is 0.748. The number of fused-ring (bicyclic) bond motifs is 1. The van der Waals surface area contributed by atoms with Crippen LogP contribution in [0.15, 0.2) is 30.5 Å². The van der Waals surface area contributed by atoms with Gasteiger partial charge in [-0.05, 0) is 31.0 Å². The first kappa shape index (κ1) is 9.97. The highest BCUT2D eigenvalue weighted by molar-refractivity contribution is 5.84. The molecule has 0 aliphatic heterocycles. The van der Waals surface area contributed by atoms with E-state index in [0.717, 1.165) is 6.42 Å². The van der Waals surface area contributed by atoms with E-state index in [9.17, 15) is 4.79 Å². The van der Waals surface area contributed by atoms with E-state index >= 15 is 0 Å². The molecule has 2 rings (SSSR count). The lowest BCUT2D eigenvalue weighted by Gasteiger charge is -2.02. The Hall–Kier alpha value is -1.57. The van der Waals surface area contributed by atoms with Crippen molar-refractivity contribution in [2.75, 3.05) is 0 Å². The zero-order valence-electron chi connectivity index (χ0n) is 9.16. The maximum Gasteiger partial charge on any atom is 0.130 e. The van der Waals surface area contributed by atoms with Crippen LogP contribution in [-0.2, 0) is 18.3 Å². The van der Waals surface area contributed by atoms with Gasteiger partial charge in [0, 0.05) is 30.6 Å². The minimum atomic E-state index is 0.253. The second kappa shape index (κ2) is 3.89. The summed E-state index contributed by atoms with van der Waals surface area (Å²) in [5.74, 6) is 0.253. The molecule has 0 N–H and O–H groups in total. The summed E-state index contributed by atoms with van der Waals surface area (Å²) in [6, 6.07) is 8.38. The molecular weight excluding hydrogens is 186 g/mol. The molecule has 0 aliphatic rings. The number of aromatic nitrogens is 1. The first-order valence-electron chi connectivity index (χ1n) is 5.21. The van der Waals surface area contributed by atoms with Crippen LogP contribution in [0.1, 0.15) is 18.9 Å². The molecule has 0 amide bonds. The molecule has 2 aromatic rings. The molecule has 1 aromatic heterocycles. The molecule has 1 aromatic carbocycles. The van der Waals surface area contributed by atoms with Crippen LogP contribution in [0.25, 0.3) is 10.9 Å². The summed E-state index contributed by atoms with van der Waals surface area (Å²) in [6.45, 7) is 1.64. The zero-order valence-corrected chi connectivity index (χ0v) is 9.16. The average Bonchev–Trinajstić information content (AvgIpc) is 2.58. The van der Waals surface area contributed by atoms with Gasteiger partial charge in [-0.2, -0.15) is 0 Å². The monoisotopic (exact) mass is 201 g/mol. The molecule has 2 heteroatoms. The number of Topliss-reactive ketones (excluding diaryl/α,β-unsaturated/α-hetero) is 1. The Bertz CT molecular complexity index is 496. The molecular formula is C13H15NO. The fourth-order valence-corrected chi connectivity index (χ4v) is 1.89. The van der Waals surface area contributed by atoms with Gasteiger partial charge in [0.1, 0.15) is 5.78 Å². The highest BCUT2D eigenvalue weighted by atomic mass is 16.1. The van der Waals surface area contributed by atoms with Crippen molar-refractivity contribution in [2.24, 2.45) is 7.05 Å². The summed E-state index contributed by atoms with van der Waals surface area (Å²) in [6.07, 6.45) is 3.53. The van der Waals surface area contributed by atoms with Gasteiger partial charge in [0.15, 0.2) is 0 Å². The lowest BCUT2D eigenvalue weighted by Crippen LogP contribution is -1.94. The fraction of sp³-hybridized carbons (Fsp3) is 0.308. The highest BCUT2D eigenvalue weighted by Crippen LogP contribution is 2.20. The molecule has 0 saturated heterocycles. The minimum Gasteiger partial charge on any atom is -0.351 e. The largest absolute Gasteiger partial charge is 0.351 e. The maximum atomic E-state index is 11.0. The van der Waals surface area contributed by atoms with E-state index in [2.05, 4.69) is 35.0 Å². The van der Waals surface area contributed by atoms with Gasteiger partial charge in [-0.15, -0.1) is 0 Å². The molecule has 0 atom stereocenters. The third-order valence-electron chi connectivity index (χ3n) is 2.76. The van der Waals surface area contributed by atoms with Crippen LogP contribution >= 0.6 is 0 Å². The van der Waals surface area contributed by atoms with Gasteiger partial charge < -0.3 is 9.36 Å². The lowest BCUT2D eigenvalue weighted by atomic mass is 10.0. The minimum absolute atomic E-state index is 0.253. The summed E-state index contributed by atoms with van der Waals surface area (Å²) in [7, 11) is 2.04. The highest BCUT2D eigenvalue weighted by Gasteiger charge is 2.04. The van der Waals surface area contributed by atoms with Crippen molar-refractivity contribution in [3.05, 3.63) is 36.0 Å². The molecule has 0 unspecified atom stereocenters. The van der Waals surface area contributed by atoms with Crippen molar-refractivity contribution in [3.8, 4) is 0 Å². The number of carbonyl (C=O) groups is 1. The summed E-state index contributed by atoms with van der Waals surface area (Å²) < 4.78 is 2.10. The molecule has 78 valence electrons. The topological polar surface area (TPSA) is 22.0 Å². The Morgan fingerprint density at radius 2 is 2.13 bits per heavy atom. The number of aryl methyl sites for hydroxylation is 2. The van der Waals surface area contributed by atoms with Crippen molar-refractivity contribution in [1.29, 1.82) is 0 Å².